The highest BCUT2D eigenvalue weighted by molar-refractivity contribution is 6.46. The van der Waals surface area contributed by atoms with Gasteiger partial charge in [0.05, 0.1) is 16.5 Å². The molecule has 2 aromatic carbocycles. The number of non-ortho nitro benzene ring substituents is 1. The number of aliphatic carboxylic acids is 1. The van der Waals surface area contributed by atoms with Crippen LogP contribution >= 0.6 is 0 Å². The number of hydrogen-bond acceptors (Lipinski definition) is 7. The molecule has 1 amide bonds. The van der Waals surface area contributed by atoms with Crippen molar-refractivity contribution < 1.29 is 29.5 Å². The topological polar surface area (TPSA) is 141 Å². The molecule has 0 radical (unpaired) electrons. The number of nitro benzene ring substituents is 1. The van der Waals surface area contributed by atoms with Crippen LogP contribution in [0.5, 0.6) is 0 Å². The number of carbonyl (C=O) groups excluding carboxylic acids is 2. The third kappa shape index (κ3) is 5.65. The number of nitrogens with zero attached hydrogens (tertiary/aromatic N) is 3. The molecule has 35 heavy (non-hydrogen) atoms. The largest absolute Gasteiger partial charge is 0.507 e. The van der Waals surface area contributed by atoms with Crippen LogP contribution in [0.2, 0.25) is 0 Å². The van der Waals surface area contributed by atoms with Crippen molar-refractivity contribution in [2.24, 2.45) is 0 Å². The summed E-state index contributed by atoms with van der Waals surface area (Å²) in [6.07, 6.45) is 1.52. The number of nitro groups is 1. The standard InChI is InChI=1S/C25H27N3O7/c1-26(2)18-11-7-16(8-12-18)22-21(23(31)17-9-13-19(14-10-17)28(34)35)24(32)25(33)27(22)15-5-3-4-6-20(29)30/h7-14,22,31H,3-6,15H2,1-2H3,(H,29,30)/t22-/m0/s1. The van der Waals surface area contributed by atoms with Gasteiger partial charge in [0.25, 0.3) is 17.4 Å². The molecular weight excluding hydrogens is 454 g/mol. The Morgan fingerprint density at radius 1 is 1.00 bits per heavy atom. The van der Waals surface area contributed by atoms with Crippen molar-refractivity contribution in [3.05, 3.63) is 75.3 Å². The molecule has 0 spiro atoms. The highest BCUT2D eigenvalue weighted by atomic mass is 16.6. The summed E-state index contributed by atoms with van der Waals surface area (Å²) in [4.78, 5) is 50.4. The summed E-state index contributed by atoms with van der Waals surface area (Å²) in [7, 11) is 3.76. The molecule has 1 saturated heterocycles. The molecule has 0 saturated carbocycles. The number of carboxylic acid groups (broad SMARTS) is 1. The van der Waals surface area contributed by atoms with E-state index < -0.39 is 34.4 Å². The Hall–Kier alpha value is -4.21. The third-order valence-electron chi connectivity index (χ3n) is 5.91. The molecule has 2 N–H and O–H groups in total. The quantitative estimate of drug-likeness (QED) is 0.131. The minimum absolute atomic E-state index is 0.0222. The number of carbonyl (C=O) groups is 3. The maximum absolute atomic E-state index is 13.0. The Kier molecular flexibility index (Phi) is 7.85. The monoisotopic (exact) mass is 481 g/mol. The highest BCUT2D eigenvalue weighted by Gasteiger charge is 2.45. The normalized spacial score (nSPS) is 17.0. The van der Waals surface area contributed by atoms with Gasteiger partial charge in [-0.05, 0) is 42.7 Å². The first-order valence-electron chi connectivity index (χ1n) is 11.1. The van der Waals surface area contributed by atoms with E-state index in [1.54, 1.807) is 12.1 Å². The van der Waals surface area contributed by atoms with E-state index in [2.05, 4.69) is 0 Å². The molecule has 0 aliphatic carbocycles. The fourth-order valence-corrected chi connectivity index (χ4v) is 4.04. The number of benzene rings is 2. The van der Waals surface area contributed by atoms with Gasteiger partial charge in [-0.2, -0.15) is 0 Å². The Morgan fingerprint density at radius 3 is 2.17 bits per heavy atom. The predicted molar refractivity (Wildman–Crippen MR) is 129 cm³/mol. The molecule has 1 atom stereocenters. The zero-order valence-corrected chi connectivity index (χ0v) is 19.5. The van der Waals surface area contributed by atoms with Crippen LogP contribution < -0.4 is 4.90 Å². The van der Waals surface area contributed by atoms with Crippen LogP contribution in [0, 0.1) is 10.1 Å². The molecule has 0 bridgehead atoms. The molecule has 1 aliphatic rings. The maximum atomic E-state index is 13.0. The smallest absolute Gasteiger partial charge is 0.303 e. The lowest BCUT2D eigenvalue weighted by atomic mass is 9.95. The maximum Gasteiger partial charge on any atom is 0.303 e. The number of aliphatic hydroxyl groups is 1. The summed E-state index contributed by atoms with van der Waals surface area (Å²) in [5, 5.41) is 30.8. The first kappa shape index (κ1) is 25.4. The average Bonchev–Trinajstić information content (AvgIpc) is 3.08. The van der Waals surface area contributed by atoms with Crippen LogP contribution in [0.3, 0.4) is 0 Å². The Balaban J connectivity index is 2.00. The summed E-state index contributed by atoms with van der Waals surface area (Å²) < 4.78 is 0. The SMILES string of the molecule is CN(C)c1ccc([C@H]2C(=C(O)c3ccc([N+](=O)[O-])cc3)C(=O)C(=O)N2CCCCCC(=O)O)cc1. The molecule has 10 nitrogen and oxygen atoms in total. The molecule has 1 aliphatic heterocycles. The van der Waals surface area contributed by atoms with Gasteiger partial charge in [-0.1, -0.05) is 18.6 Å². The number of carboxylic acids is 1. The highest BCUT2D eigenvalue weighted by Crippen LogP contribution is 2.40. The van der Waals surface area contributed by atoms with Crippen molar-refractivity contribution in [3.63, 3.8) is 0 Å². The number of hydrogen-bond donors (Lipinski definition) is 2. The van der Waals surface area contributed by atoms with Crippen LogP contribution in [0.25, 0.3) is 5.76 Å². The predicted octanol–water partition coefficient (Wildman–Crippen LogP) is 3.73. The molecule has 1 fully saturated rings. The lowest BCUT2D eigenvalue weighted by Crippen LogP contribution is -2.30. The van der Waals surface area contributed by atoms with Gasteiger partial charge in [-0.15, -0.1) is 0 Å². The van der Waals surface area contributed by atoms with E-state index in [-0.39, 0.29) is 29.8 Å². The molecule has 0 aromatic heterocycles. The lowest BCUT2D eigenvalue weighted by molar-refractivity contribution is -0.384. The second-order valence-electron chi connectivity index (χ2n) is 8.49. The van der Waals surface area contributed by atoms with E-state index >= 15 is 0 Å². The Labute approximate surface area is 202 Å². The number of likely N-dealkylation sites (tertiary alicyclic amines) is 1. The van der Waals surface area contributed by atoms with E-state index in [0.29, 0.717) is 24.8 Å². The summed E-state index contributed by atoms with van der Waals surface area (Å²) >= 11 is 0. The number of aliphatic hydroxyl groups excluding tert-OH is 1. The fourth-order valence-electron chi connectivity index (χ4n) is 4.04. The summed E-state index contributed by atoms with van der Waals surface area (Å²) in [6.45, 7) is 0.210. The lowest BCUT2D eigenvalue weighted by Gasteiger charge is -2.26. The van der Waals surface area contributed by atoms with E-state index in [1.807, 2.05) is 31.1 Å². The molecule has 10 heteroatoms. The first-order chi connectivity index (χ1) is 16.6. The van der Waals surface area contributed by atoms with Gasteiger partial charge < -0.3 is 20.0 Å². The van der Waals surface area contributed by atoms with Gasteiger partial charge >= 0.3 is 5.97 Å². The number of rotatable bonds is 10. The average molecular weight is 482 g/mol. The number of amides is 1. The van der Waals surface area contributed by atoms with Crippen molar-refractivity contribution >= 4 is 34.8 Å². The second-order valence-corrected chi connectivity index (χ2v) is 8.49. The van der Waals surface area contributed by atoms with E-state index in [9.17, 15) is 29.6 Å². The van der Waals surface area contributed by atoms with Crippen molar-refractivity contribution in [3.8, 4) is 0 Å². The van der Waals surface area contributed by atoms with Crippen LogP contribution in [0.1, 0.15) is 42.9 Å². The number of Topliss-reactive ketones (excluding diaryl/α,β-unsaturated/α-hetero) is 1. The number of anilines is 1. The van der Waals surface area contributed by atoms with Crippen LogP contribution in [0.15, 0.2) is 54.1 Å². The van der Waals surface area contributed by atoms with E-state index in [1.165, 1.54) is 29.2 Å². The number of unbranched alkanes of at least 4 members (excludes halogenated alkanes) is 2. The van der Waals surface area contributed by atoms with Crippen LogP contribution in [0.4, 0.5) is 11.4 Å². The summed E-state index contributed by atoms with van der Waals surface area (Å²) in [5.74, 6) is -2.90. The van der Waals surface area contributed by atoms with Crippen LogP contribution in [-0.4, -0.2) is 58.3 Å². The summed E-state index contributed by atoms with van der Waals surface area (Å²) in [5.41, 5.74) is 1.47. The second kappa shape index (κ2) is 10.8. The minimum Gasteiger partial charge on any atom is -0.507 e. The van der Waals surface area contributed by atoms with E-state index in [4.69, 9.17) is 5.11 Å². The van der Waals surface area contributed by atoms with Gasteiger partial charge in [-0.3, -0.25) is 24.5 Å². The zero-order chi connectivity index (χ0) is 25.7. The Bertz CT molecular complexity index is 1150. The van der Waals surface area contributed by atoms with Gasteiger partial charge in [0.15, 0.2) is 0 Å². The van der Waals surface area contributed by atoms with Crippen molar-refractivity contribution in [1.82, 2.24) is 4.90 Å². The molecule has 3 rings (SSSR count). The fraction of sp³-hybridized carbons (Fsp3) is 0.320. The zero-order valence-electron chi connectivity index (χ0n) is 19.5. The Morgan fingerprint density at radius 2 is 1.63 bits per heavy atom. The molecular formula is C25H27N3O7. The van der Waals surface area contributed by atoms with Gasteiger partial charge in [-0.25, -0.2) is 0 Å². The van der Waals surface area contributed by atoms with E-state index in [0.717, 1.165) is 5.69 Å². The van der Waals surface area contributed by atoms with Gasteiger partial charge in [0.1, 0.15) is 5.76 Å². The number of ketones is 1. The van der Waals surface area contributed by atoms with Crippen molar-refractivity contribution in [2.75, 3.05) is 25.5 Å². The summed E-state index contributed by atoms with van der Waals surface area (Å²) in [6, 6.07) is 11.5. The molecule has 0 unspecified atom stereocenters. The third-order valence-corrected chi connectivity index (χ3v) is 5.91. The molecule has 2 aromatic rings. The van der Waals surface area contributed by atoms with Gasteiger partial charge in [0.2, 0.25) is 0 Å². The van der Waals surface area contributed by atoms with Crippen LogP contribution in [-0.2, 0) is 14.4 Å². The molecule has 1 heterocycles. The van der Waals surface area contributed by atoms with Gasteiger partial charge in [0, 0.05) is 50.4 Å². The first-order valence-corrected chi connectivity index (χ1v) is 11.1. The van der Waals surface area contributed by atoms with Crippen molar-refractivity contribution in [2.45, 2.75) is 31.7 Å². The minimum atomic E-state index is -0.894. The molecule has 184 valence electrons. The van der Waals surface area contributed by atoms with Crippen molar-refractivity contribution in [1.29, 1.82) is 0 Å².